The number of benzene rings is 2. The second kappa shape index (κ2) is 6.65. The molecule has 0 spiro atoms. The maximum absolute atomic E-state index is 10.4. The van der Waals surface area contributed by atoms with Crippen LogP contribution in [0.25, 0.3) is 11.0 Å². The minimum atomic E-state index is -0.596. The highest BCUT2D eigenvalue weighted by Crippen LogP contribution is 2.25. The number of rotatable bonds is 5. The zero-order valence-corrected chi connectivity index (χ0v) is 14.7. The molecule has 0 fully saturated rings. The third-order valence-corrected chi connectivity index (χ3v) is 4.26. The van der Waals surface area contributed by atoms with Gasteiger partial charge in [0.25, 0.3) is 0 Å². The third-order valence-electron chi connectivity index (χ3n) is 4.26. The lowest BCUT2D eigenvalue weighted by Crippen LogP contribution is -2.24. The van der Waals surface area contributed by atoms with E-state index < -0.39 is 6.10 Å². The smallest absolute Gasteiger partial charge is 0.125 e. The zero-order chi connectivity index (χ0) is 17.3. The van der Waals surface area contributed by atoms with Crippen molar-refractivity contribution in [2.24, 2.45) is 0 Å². The average Bonchev–Trinajstić information content (AvgIpc) is 2.82. The molecule has 4 nitrogen and oxygen atoms in total. The number of imidazole rings is 1. The van der Waals surface area contributed by atoms with Crippen molar-refractivity contribution < 1.29 is 9.84 Å². The second-order valence-corrected chi connectivity index (χ2v) is 6.45. The van der Waals surface area contributed by atoms with Crippen LogP contribution in [-0.4, -0.2) is 27.4 Å². The van der Waals surface area contributed by atoms with Gasteiger partial charge in [-0.2, -0.15) is 0 Å². The van der Waals surface area contributed by atoms with Gasteiger partial charge in [-0.3, -0.25) is 0 Å². The lowest BCUT2D eigenvalue weighted by Gasteiger charge is -2.17. The van der Waals surface area contributed by atoms with E-state index in [2.05, 4.69) is 24.0 Å². The lowest BCUT2D eigenvalue weighted by molar-refractivity contribution is 0.0923. The van der Waals surface area contributed by atoms with Gasteiger partial charge in [0.05, 0.1) is 17.6 Å². The molecule has 0 aliphatic heterocycles. The molecule has 126 valence electrons. The number of aliphatic hydroxyl groups is 1. The highest BCUT2D eigenvalue weighted by Gasteiger charge is 2.13. The summed E-state index contributed by atoms with van der Waals surface area (Å²) in [7, 11) is 0. The molecule has 1 unspecified atom stereocenters. The summed E-state index contributed by atoms with van der Waals surface area (Å²) in [6.45, 7) is 8.84. The van der Waals surface area contributed by atoms with Crippen molar-refractivity contribution in [2.45, 2.75) is 40.3 Å². The number of hydrogen-bond donors (Lipinski definition) is 1. The molecule has 0 aliphatic carbocycles. The van der Waals surface area contributed by atoms with Gasteiger partial charge in [0.1, 0.15) is 24.3 Å². The van der Waals surface area contributed by atoms with E-state index in [-0.39, 0.29) is 6.61 Å². The van der Waals surface area contributed by atoms with E-state index in [0.717, 1.165) is 33.7 Å². The van der Waals surface area contributed by atoms with Crippen LogP contribution in [0.3, 0.4) is 0 Å². The molecular weight excluding hydrogens is 300 g/mol. The van der Waals surface area contributed by atoms with Gasteiger partial charge in [-0.15, -0.1) is 0 Å². The Hall–Kier alpha value is -2.33. The Morgan fingerprint density at radius 2 is 1.75 bits per heavy atom. The van der Waals surface area contributed by atoms with Crippen molar-refractivity contribution in [2.75, 3.05) is 6.61 Å². The largest absolute Gasteiger partial charge is 0.490 e. The molecule has 0 aliphatic rings. The Labute approximate surface area is 142 Å². The molecule has 1 N–H and O–H groups in total. The normalized spacial score (nSPS) is 12.5. The molecule has 0 saturated carbocycles. The van der Waals surface area contributed by atoms with Crippen LogP contribution in [0.1, 0.15) is 22.5 Å². The summed E-state index contributed by atoms with van der Waals surface area (Å²) in [4.78, 5) is 4.53. The average molecular weight is 324 g/mol. The van der Waals surface area contributed by atoms with Crippen molar-refractivity contribution in [3.05, 3.63) is 58.9 Å². The van der Waals surface area contributed by atoms with E-state index in [1.807, 2.05) is 49.6 Å². The quantitative estimate of drug-likeness (QED) is 0.778. The molecule has 24 heavy (non-hydrogen) atoms. The maximum Gasteiger partial charge on any atom is 0.125 e. The summed E-state index contributed by atoms with van der Waals surface area (Å²) in [6, 6.07) is 12.2. The molecule has 0 radical (unpaired) electrons. The number of para-hydroxylation sites is 2. The van der Waals surface area contributed by atoms with Crippen LogP contribution in [0.5, 0.6) is 5.75 Å². The van der Waals surface area contributed by atoms with E-state index in [4.69, 9.17) is 4.74 Å². The minimum absolute atomic E-state index is 0.261. The molecule has 1 heterocycles. The van der Waals surface area contributed by atoms with Crippen LogP contribution in [0.2, 0.25) is 0 Å². The maximum atomic E-state index is 10.4. The Bertz CT molecular complexity index is 844. The predicted molar refractivity (Wildman–Crippen MR) is 96.6 cm³/mol. The summed E-state index contributed by atoms with van der Waals surface area (Å²) in [5.41, 5.74) is 5.41. The summed E-state index contributed by atoms with van der Waals surface area (Å²) >= 11 is 0. The third kappa shape index (κ3) is 3.29. The van der Waals surface area contributed by atoms with Gasteiger partial charge in [0.2, 0.25) is 0 Å². The number of aliphatic hydroxyl groups excluding tert-OH is 1. The van der Waals surface area contributed by atoms with Crippen molar-refractivity contribution >= 4 is 11.0 Å². The minimum Gasteiger partial charge on any atom is -0.490 e. The van der Waals surface area contributed by atoms with E-state index >= 15 is 0 Å². The van der Waals surface area contributed by atoms with Crippen molar-refractivity contribution in [1.82, 2.24) is 9.55 Å². The Morgan fingerprint density at radius 1 is 1.08 bits per heavy atom. The van der Waals surface area contributed by atoms with E-state index in [9.17, 15) is 5.11 Å². The molecule has 0 bridgehead atoms. The fraction of sp³-hybridized carbons (Fsp3) is 0.350. The standard InChI is InChI=1S/C20H24N2O2/c1-13-9-14(2)20(15(3)10-13)24-12-17(23)11-22-16(4)21-18-7-5-6-8-19(18)22/h5-10,17,23H,11-12H2,1-4H3. The molecule has 4 heteroatoms. The number of nitrogens with zero attached hydrogens (tertiary/aromatic N) is 2. The molecule has 2 aromatic carbocycles. The Balaban J connectivity index is 1.72. The Kier molecular flexibility index (Phi) is 4.58. The van der Waals surface area contributed by atoms with E-state index in [1.165, 1.54) is 5.56 Å². The van der Waals surface area contributed by atoms with Crippen LogP contribution in [0.15, 0.2) is 36.4 Å². The van der Waals surface area contributed by atoms with E-state index in [1.54, 1.807) is 0 Å². The molecule has 1 atom stereocenters. The zero-order valence-electron chi connectivity index (χ0n) is 14.7. The molecule has 0 saturated heterocycles. The first-order chi connectivity index (χ1) is 11.5. The molecule has 3 aromatic rings. The number of hydrogen-bond acceptors (Lipinski definition) is 3. The molecule has 0 amide bonds. The van der Waals surface area contributed by atoms with E-state index in [0.29, 0.717) is 6.54 Å². The lowest BCUT2D eigenvalue weighted by atomic mass is 10.1. The number of aromatic nitrogens is 2. The number of fused-ring (bicyclic) bond motifs is 1. The first kappa shape index (κ1) is 16.5. The first-order valence-corrected chi connectivity index (χ1v) is 8.26. The van der Waals surface area contributed by atoms with Crippen LogP contribution in [0.4, 0.5) is 0 Å². The molecule has 1 aromatic heterocycles. The van der Waals surface area contributed by atoms with Crippen molar-refractivity contribution in [3.63, 3.8) is 0 Å². The van der Waals surface area contributed by atoms with Gasteiger partial charge >= 0.3 is 0 Å². The van der Waals surface area contributed by atoms with Crippen molar-refractivity contribution in [3.8, 4) is 5.75 Å². The number of ether oxygens (including phenoxy) is 1. The predicted octanol–water partition coefficient (Wildman–Crippen LogP) is 3.71. The SMILES string of the molecule is Cc1cc(C)c(OCC(O)Cn2c(C)nc3ccccc32)c(C)c1. The van der Waals surface area contributed by atoms with Crippen LogP contribution in [-0.2, 0) is 6.54 Å². The number of aryl methyl sites for hydroxylation is 4. The highest BCUT2D eigenvalue weighted by molar-refractivity contribution is 5.75. The summed E-state index contributed by atoms with van der Waals surface area (Å²) < 4.78 is 7.94. The van der Waals surface area contributed by atoms with Gasteiger partial charge in [0, 0.05) is 0 Å². The topological polar surface area (TPSA) is 47.3 Å². The van der Waals surface area contributed by atoms with Crippen molar-refractivity contribution in [1.29, 1.82) is 0 Å². The Morgan fingerprint density at radius 3 is 2.46 bits per heavy atom. The van der Waals surface area contributed by atoms with Crippen LogP contribution < -0.4 is 4.74 Å². The van der Waals surface area contributed by atoms with Gasteiger partial charge in [-0.1, -0.05) is 29.8 Å². The molecular formula is C20H24N2O2. The monoisotopic (exact) mass is 324 g/mol. The first-order valence-electron chi connectivity index (χ1n) is 8.26. The van der Waals surface area contributed by atoms with Crippen LogP contribution in [0, 0.1) is 27.7 Å². The van der Waals surface area contributed by atoms with Gasteiger partial charge in [0.15, 0.2) is 0 Å². The highest BCUT2D eigenvalue weighted by atomic mass is 16.5. The fourth-order valence-corrected chi connectivity index (χ4v) is 3.26. The summed E-state index contributed by atoms with van der Waals surface area (Å²) in [6.07, 6.45) is -0.596. The fourth-order valence-electron chi connectivity index (χ4n) is 3.26. The second-order valence-electron chi connectivity index (χ2n) is 6.45. The van der Waals surface area contributed by atoms with Gasteiger partial charge in [-0.25, -0.2) is 4.98 Å². The van der Waals surface area contributed by atoms with Gasteiger partial charge < -0.3 is 14.4 Å². The van der Waals surface area contributed by atoms with Crippen LogP contribution >= 0.6 is 0 Å². The van der Waals surface area contributed by atoms with Gasteiger partial charge in [-0.05, 0) is 51.0 Å². The molecule has 3 rings (SSSR count). The summed E-state index contributed by atoms with van der Waals surface area (Å²) in [5, 5.41) is 10.4. The summed E-state index contributed by atoms with van der Waals surface area (Å²) in [5.74, 6) is 1.77.